The van der Waals surface area contributed by atoms with E-state index >= 15 is 0 Å². The summed E-state index contributed by atoms with van der Waals surface area (Å²) in [6, 6.07) is 30.8. The van der Waals surface area contributed by atoms with Crippen LogP contribution in [0.15, 0.2) is 110 Å². The maximum atomic E-state index is 6.37. The summed E-state index contributed by atoms with van der Waals surface area (Å²) in [4.78, 5) is 4.65. The Morgan fingerprint density at radius 3 is 2.42 bits per heavy atom. The molecular formula is C28H18N4O. The number of aromatic nitrogens is 4. The van der Waals surface area contributed by atoms with Gasteiger partial charge in [-0.05, 0) is 53.2 Å². The Morgan fingerprint density at radius 2 is 1.55 bits per heavy atom. The van der Waals surface area contributed by atoms with Crippen molar-refractivity contribution in [1.29, 1.82) is 0 Å². The standard InChI is InChI=1S/C28H18N4O/c1-2-13-29-26(10-1)32-24-9-3-6-19-11-12-20-16-23(18-25(32)28(20)27(19)24)33-22-8-4-7-21(17-22)31-15-5-14-30-31/h1-18H. The molecule has 0 aliphatic rings. The Labute approximate surface area is 189 Å². The molecule has 33 heavy (non-hydrogen) atoms. The fourth-order valence-corrected chi connectivity index (χ4v) is 4.71. The second-order valence-electron chi connectivity index (χ2n) is 8.05. The third kappa shape index (κ3) is 2.79. The van der Waals surface area contributed by atoms with Crippen LogP contribution in [0.2, 0.25) is 0 Å². The van der Waals surface area contributed by atoms with Gasteiger partial charge in [-0.25, -0.2) is 9.67 Å². The molecule has 0 fully saturated rings. The van der Waals surface area contributed by atoms with E-state index in [0.717, 1.165) is 39.4 Å². The smallest absolute Gasteiger partial charge is 0.137 e. The predicted octanol–water partition coefficient (Wildman–Crippen LogP) is 6.75. The number of hydrogen-bond acceptors (Lipinski definition) is 3. The second-order valence-corrected chi connectivity index (χ2v) is 8.05. The molecular weight excluding hydrogens is 408 g/mol. The highest BCUT2D eigenvalue weighted by molar-refractivity contribution is 6.24. The number of nitrogens with zero attached hydrogens (tertiary/aromatic N) is 4. The molecule has 0 unspecified atom stereocenters. The zero-order valence-corrected chi connectivity index (χ0v) is 17.6. The van der Waals surface area contributed by atoms with Gasteiger partial charge in [0.15, 0.2) is 0 Å². The van der Waals surface area contributed by atoms with Crippen LogP contribution in [0.4, 0.5) is 0 Å². The Balaban J connectivity index is 1.44. The lowest BCUT2D eigenvalue weighted by Crippen LogP contribution is -1.97. The van der Waals surface area contributed by atoms with E-state index in [9.17, 15) is 0 Å². The zero-order valence-electron chi connectivity index (χ0n) is 17.6. The molecule has 0 aliphatic carbocycles. The first kappa shape index (κ1) is 18.0. The molecule has 0 saturated heterocycles. The van der Waals surface area contributed by atoms with Crippen LogP contribution in [0.5, 0.6) is 11.5 Å². The number of ether oxygens (including phenoxy) is 1. The van der Waals surface area contributed by atoms with Gasteiger partial charge in [-0.2, -0.15) is 5.10 Å². The molecule has 0 atom stereocenters. The largest absolute Gasteiger partial charge is 0.457 e. The average Bonchev–Trinajstić information content (AvgIpc) is 3.51. The van der Waals surface area contributed by atoms with Crippen molar-refractivity contribution in [2.45, 2.75) is 0 Å². The summed E-state index contributed by atoms with van der Waals surface area (Å²) in [5.41, 5.74) is 3.17. The molecule has 3 heterocycles. The number of pyridine rings is 1. The third-order valence-corrected chi connectivity index (χ3v) is 6.07. The van der Waals surface area contributed by atoms with Gasteiger partial charge >= 0.3 is 0 Å². The van der Waals surface area contributed by atoms with Crippen molar-refractivity contribution in [3.05, 3.63) is 110 Å². The van der Waals surface area contributed by atoms with Gasteiger partial charge in [-0.3, -0.25) is 4.57 Å². The van der Waals surface area contributed by atoms with E-state index in [1.807, 2.05) is 65.6 Å². The molecule has 7 rings (SSSR count). The summed E-state index contributed by atoms with van der Waals surface area (Å²) in [6.45, 7) is 0. The molecule has 156 valence electrons. The fourth-order valence-electron chi connectivity index (χ4n) is 4.71. The molecule has 0 bridgehead atoms. The van der Waals surface area contributed by atoms with Crippen molar-refractivity contribution >= 4 is 32.6 Å². The first-order chi connectivity index (χ1) is 16.3. The van der Waals surface area contributed by atoms with Gasteiger partial charge in [0, 0.05) is 41.5 Å². The third-order valence-electron chi connectivity index (χ3n) is 6.07. The topological polar surface area (TPSA) is 44.9 Å². The Morgan fingerprint density at radius 1 is 0.636 bits per heavy atom. The van der Waals surface area contributed by atoms with E-state index in [0.29, 0.717) is 0 Å². The maximum absolute atomic E-state index is 6.37. The maximum Gasteiger partial charge on any atom is 0.137 e. The summed E-state index contributed by atoms with van der Waals surface area (Å²) in [5, 5.41) is 9.17. The van der Waals surface area contributed by atoms with Gasteiger partial charge < -0.3 is 4.74 Å². The molecule has 3 aromatic heterocycles. The van der Waals surface area contributed by atoms with Gasteiger partial charge in [-0.15, -0.1) is 0 Å². The number of benzene rings is 4. The Hall–Kier alpha value is -4.64. The van der Waals surface area contributed by atoms with E-state index in [1.165, 1.54) is 16.2 Å². The number of rotatable bonds is 4. The van der Waals surface area contributed by atoms with Gasteiger partial charge in [0.1, 0.15) is 17.3 Å². The lowest BCUT2D eigenvalue weighted by Gasteiger charge is -2.11. The Bertz CT molecular complexity index is 1730. The van der Waals surface area contributed by atoms with Crippen molar-refractivity contribution in [1.82, 2.24) is 19.3 Å². The highest BCUT2D eigenvalue weighted by Gasteiger charge is 2.18. The van der Waals surface area contributed by atoms with Crippen LogP contribution >= 0.6 is 0 Å². The van der Waals surface area contributed by atoms with Crippen LogP contribution in [-0.4, -0.2) is 19.3 Å². The lowest BCUT2D eigenvalue weighted by atomic mass is 10.0. The van der Waals surface area contributed by atoms with E-state index in [2.05, 4.69) is 57.1 Å². The molecule has 0 aliphatic heterocycles. The number of hydrogen-bond donors (Lipinski definition) is 0. The summed E-state index contributed by atoms with van der Waals surface area (Å²) in [5.74, 6) is 2.43. The summed E-state index contributed by atoms with van der Waals surface area (Å²) < 4.78 is 10.4. The van der Waals surface area contributed by atoms with E-state index in [1.54, 1.807) is 6.20 Å². The molecule has 0 spiro atoms. The van der Waals surface area contributed by atoms with Crippen molar-refractivity contribution < 1.29 is 4.74 Å². The van der Waals surface area contributed by atoms with Crippen LogP contribution in [0.1, 0.15) is 0 Å². The Kier molecular flexibility index (Phi) is 3.78. The van der Waals surface area contributed by atoms with Gasteiger partial charge in [0.05, 0.1) is 16.7 Å². The monoisotopic (exact) mass is 426 g/mol. The van der Waals surface area contributed by atoms with E-state index < -0.39 is 0 Å². The molecule has 7 aromatic rings. The minimum Gasteiger partial charge on any atom is -0.457 e. The second kappa shape index (κ2) is 6.93. The van der Waals surface area contributed by atoms with Crippen molar-refractivity contribution in [2.24, 2.45) is 0 Å². The highest BCUT2D eigenvalue weighted by Crippen LogP contribution is 2.41. The van der Waals surface area contributed by atoms with Crippen LogP contribution in [0, 0.1) is 0 Å². The van der Waals surface area contributed by atoms with Crippen molar-refractivity contribution in [2.75, 3.05) is 0 Å². The fraction of sp³-hybridized carbons (Fsp3) is 0. The van der Waals surface area contributed by atoms with Crippen molar-refractivity contribution in [3.8, 4) is 23.0 Å². The normalized spacial score (nSPS) is 11.6. The minimum absolute atomic E-state index is 0.760. The van der Waals surface area contributed by atoms with Crippen LogP contribution in [-0.2, 0) is 0 Å². The van der Waals surface area contributed by atoms with Crippen LogP contribution < -0.4 is 4.74 Å². The van der Waals surface area contributed by atoms with Gasteiger partial charge in [0.2, 0.25) is 0 Å². The van der Waals surface area contributed by atoms with Crippen LogP contribution in [0.3, 0.4) is 0 Å². The molecule has 0 saturated carbocycles. The molecule has 0 radical (unpaired) electrons. The molecule has 5 heteroatoms. The van der Waals surface area contributed by atoms with Crippen LogP contribution in [0.25, 0.3) is 44.1 Å². The highest BCUT2D eigenvalue weighted by atomic mass is 16.5. The van der Waals surface area contributed by atoms with Gasteiger partial charge in [-0.1, -0.05) is 36.4 Å². The summed E-state index contributed by atoms with van der Waals surface area (Å²) in [7, 11) is 0. The molecule has 5 nitrogen and oxygen atoms in total. The lowest BCUT2D eigenvalue weighted by molar-refractivity contribution is 0.483. The zero-order chi connectivity index (χ0) is 21.8. The molecule has 0 amide bonds. The predicted molar refractivity (Wildman–Crippen MR) is 131 cm³/mol. The van der Waals surface area contributed by atoms with E-state index in [4.69, 9.17) is 4.74 Å². The average molecular weight is 426 g/mol. The molecule has 4 aromatic carbocycles. The van der Waals surface area contributed by atoms with Gasteiger partial charge in [0.25, 0.3) is 0 Å². The minimum atomic E-state index is 0.760. The molecule has 0 N–H and O–H groups in total. The summed E-state index contributed by atoms with van der Waals surface area (Å²) in [6.07, 6.45) is 5.52. The first-order valence-electron chi connectivity index (χ1n) is 10.8. The van der Waals surface area contributed by atoms with E-state index in [-0.39, 0.29) is 0 Å². The summed E-state index contributed by atoms with van der Waals surface area (Å²) >= 11 is 0. The quantitative estimate of drug-likeness (QED) is 0.293. The SMILES string of the molecule is c1ccc(-n2c3cccc4ccc5cc(Oc6cccc(-n7cccn7)c6)cc2c5c43)nc1. The first-order valence-corrected chi connectivity index (χ1v) is 10.8. The van der Waals surface area contributed by atoms with Crippen molar-refractivity contribution in [3.63, 3.8) is 0 Å².